The van der Waals surface area contributed by atoms with Gasteiger partial charge in [-0.05, 0) is 72.6 Å². The number of rotatable bonds is 6. The van der Waals surface area contributed by atoms with Gasteiger partial charge in [0.1, 0.15) is 24.7 Å². The highest BCUT2D eigenvalue weighted by Crippen LogP contribution is 2.26. The van der Waals surface area contributed by atoms with Crippen molar-refractivity contribution in [1.82, 2.24) is 5.32 Å². The second kappa shape index (κ2) is 8.10. The van der Waals surface area contributed by atoms with Gasteiger partial charge in [0, 0.05) is 0 Å². The maximum absolute atomic E-state index is 11.6. The first-order chi connectivity index (χ1) is 12.5. The number of amides is 2. The van der Waals surface area contributed by atoms with E-state index in [1.165, 1.54) is 0 Å². The number of nitrogens with one attached hydrogen (secondary N) is 1. The Kier molecular flexibility index (Phi) is 5.63. The molecule has 1 heterocycles. The molecule has 134 valence electrons. The number of hydrogen-bond donors (Lipinski definition) is 1. The predicted octanol–water partition coefficient (Wildman–Crippen LogP) is 4.09. The van der Waals surface area contributed by atoms with Crippen LogP contribution in [0.5, 0.6) is 11.5 Å². The molecule has 2 aromatic rings. The summed E-state index contributed by atoms with van der Waals surface area (Å²) in [5, 5.41) is 1.89. The molecule has 0 unspecified atom stereocenters. The van der Waals surface area contributed by atoms with Gasteiger partial charge in [0.25, 0.3) is 11.1 Å². The smallest absolute Gasteiger partial charge is 0.290 e. The van der Waals surface area contributed by atoms with Crippen molar-refractivity contribution in [1.29, 1.82) is 0 Å². The van der Waals surface area contributed by atoms with Crippen molar-refractivity contribution < 1.29 is 19.1 Å². The lowest BCUT2D eigenvalue weighted by atomic mass is 10.1. The summed E-state index contributed by atoms with van der Waals surface area (Å²) in [4.78, 5) is 23.2. The monoisotopic (exact) mass is 369 g/mol. The number of aryl methyl sites for hydroxylation is 2. The fourth-order valence-corrected chi connectivity index (χ4v) is 3.28. The van der Waals surface area contributed by atoms with Crippen molar-refractivity contribution >= 4 is 29.0 Å². The molecular weight excluding hydrogens is 350 g/mol. The summed E-state index contributed by atoms with van der Waals surface area (Å²) in [5.74, 6) is 1.14. The van der Waals surface area contributed by atoms with Gasteiger partial charge >= 0.3 is 0 Å². The van der Waals surface area contributed by atoms with Crippen LogP contribution in [-0.4, -0.2) is 24.4 Å². The van der Waals surface area contributed by atoms with Gasteiger partial charge < -0.3 is 9.47 Å². The van der Waals surface area contributed by atoms with Gasteiger partial charge in [-0.1, -0.05) is 18.2 Å². The minimum absolute atomic E-state index is 0.350. The Labute approximate surface area is 156 Å². The molecule has 0 aliphatic carbocycles. The van der Waals surface area contributed by atoms with E-state index in [1.807, 2.05) is 50.2 Å². The standard InChI is InChI=1S/C20H19NO4S/c1-13-8-14(2)10-17(9-13)25-7-6-24-16-5-3-4-15(11-16)12-18-19(22)21-20(23)26-18/h3-5,8-12H,6-7H2,1-2H3,(H,21,22,23)/b18-12-. The third-order valence-electron chi connectivity index (χ3n) is 3.61. The number of benzene rings is 2. The molecule has 1 aliphatic heterocycles. The first kappa shape index (κ1) is 18.1. The van der Waals surface area contributed by atoms with Crippen molar-refractivity contribution in [2.24, 2.45) is 0 Å². The minimum atomic E-state index is -0.367. The molecule has 0 saturated carbocycles. The van der Waals surface area contributed by atoms with Crippen molar-refractivity contribution in [2.75, 3.05) is 13.2 Å². The van der Waals surface area contributed by atoms with Gasteiger partial charge in [0.05, 0.1) is 4.91 Å². The van der Waals surface area contributed by atoms with Gasteiger partial charge in [-0.25, -0.2) is 0 Å². The molecule has 26 heavy (non-hydrogen) atoms. The number of ether oxygens (including phenoxy) is 2. The predicted molar refractivity (Wildman–Crippen MR) is 102 cm³/mol. The zero-order valence-corrected chi connectivity index (χ0v) is 15.4. The normalized spacial score (nSPS) is 15.2. The van der Waals surface area contributed by atoms with E-state index in [4.69, 9.17) is 9.47 Å². The van der Waals surface area contributed by atoms with E-state index >= 15 is 0 Å². The molecule has 0 bridgehead atoms. The van der Waals surface area contributed by atoms with Crippen LogP contribution in [0.15, 0.2) is 47.4 Å². The van der Waals surface area contributed by atoms with E-state index in [-0.39, 0.29) is 11.1 Å². The van der Waals surface area contributed by atoms with Crippen LogP contribution in [0, 0.1) is 13.8 Å². The summed E-state index contributed by atoms with van der Waals surface area (Å²) in [5.41, 5.74) is 3.12. The zero-order chi connectivity index (χ0) is 18.5. The first-order valence-corrected chi connectivity index (χ1v) is 9.00. The zero-order valence-electron chi connectivity index (χ0n) is 14.6. The number of carbonyl (C=O) groups is 2. The molecule has 1 saturated heterocycles. The maximum atomic E-state index is 11.6. The maximum Gasteiger partial charge on any atom is 0.290 e. The average Bonchev–Trinajstić information content (AvgIpc) is 2.88. The molecule has 2 amide bonds. The number of thioether (sulfide) groups is 1. The lowest BCUT2D eigenvalue weighted by Crippen LogP contribution is -2.17. The molecule has 3 rings (SSSR count). The minimum Gasteiger partial charge on any atom is -0.490 e. The highest BCUT2D eigenvalue weighted by Gasteiger charge is 2.24. The van der Waals surface area contributed by atoms with Crippen LogP contribution in [-0.2, 0) is 4.79 Å². The Morgan fingerprint density at radius 1 is 0.962 bits per heavy atom. The fourth-order valence-electron chi connectivity index (χ4n) is 2.60. The largest absolute Gasteiger partial charge is 0.490 e. The molecule has 5 nitrogen and oxygen atoms in total. The van der Waals surface area contributed by atoms with Gasteiger partial charge in [0.2, 0.25) is 0 Å². The fraction of sp³-hybridized carbons (Fsp3) is 0.200. The summed E-state index contributed by atoms with van der Waals surface area (Å²) in [6.07, 6.45) is 1.67. The third-order valence-corrected chi connectivity index (χ3v) is 4.42. The molecular formula is C20H19NO4S. The molecule has 1 N–H and O–H groups in total. The Hall–Kier alpha value is -2.73. The first-order valence-electron chi connectivity index (χ1n) is 8.18. The molecule has 0 spiro atoms. The lowest BCUT2D eigenvalue weighted by molar-refractivity contribution is -0.115. The molecule has 6 heteroatoms. The van der Waals surface area contributed by atoms with Crippen LogP contribution in [0.3, 0.4) is 0 Å². The van der Waals surface area contributed by atoms with E-state index < -0.39 is 0 Å². The van der Waals surface area contributed by atoms with Crippen LogP contribution in [0.2, 0.25) is 0 Å². The van der Waals surface area contributed by atoms with Gasteiger partial charge in [0.15, 0.2) is 0 Å². The van der Waals surface area contributed by atoms with Crippen molar-refractivity contribution in [3.63, 3.8) is 0 Å². The summed E-state index contributed by atoms with van der Waals surface area (Å²) in [7, 11) is 0. The van der Waals surface area contributed by atoms with Crippen LogP contribution < -0.4 is 14.8 Å². The molecule has 0 atom stereocenters. The Bertz CT molecular complexity index is 856. The summed E-state index contributed by atoms with van der Waals surface area (Å²) in [6, 6.07) is 13.4. The summed E-state index contributed by atoms with van der Waals surface area (Å²) >= 11 is 0.896. The van der Waals surface area contributed by atoms with E-state index in [1.54, 1.807) is 6.08 Å². The number of imide groups is 1. The molecule has 0 radical (unpaired) electrons. The van der Waals surface area contributed by atoms with E-state index in [0.717, 1.165) is 34.2 Å². The summed E-state index contributed by atoms with van der Waals surface area (Å²) < 4.78 is 11.4. The third kappa shape index (κ3) is 4.89. The van der Waals surface area contributed by atoms with E-state index in [0.29, 0.717) is 23.9 Å². The molecule has 1 aliphatic rings. The van der Waals surface area contributed by atoms with Crippen molar-refractivity contribution in [3.05, 3.63) is 64.1 Å². The van der Waals surface area contributed by atoms with Crippen LogP contribution in [0.25, 0.3) is 6.08 Å². The average molecular weight is 369 g/mol. The number of hydrogen-bond acceptors (Lipinski definition) is 5. The number of carbonyl (C=O) groups excluding carboxylic acids is 2. The van der Waals surface area contributed by atoms with Gasteiger partial charge in [-0.15, -0.1) is 0 Å². The Balaban J connectivity index is 1.55. The molecule has 1 fully saturated rings. The van der Waals surface area contributed by atoms with Crippen LogP contribution >= 0.6 is 11.8 Å². The Morgan fingerprint density at radius 2 is 1.65 bits per heavy atom. The SMILES string of the molecule is Cc1cc(C)cc(OCCOc2cccc(/C=C3\SC(=O)NC3=O)c2)c1. The second-order valence-electron chi connectivity index (χ2n) is 5.95. The van der Waals surface area contributed by atoms with Crippen molar-refractivity contribution in [3.8, 4) is 11.5 Å². The summed E-state index contributed by atoms with van der Waals surface area (Å²) in [6.45, 7) is 4.90. The van der Waals surface area contributed by atoms with E-state index in [9.17, 15) is 9.59 Å². The molecule has 2 aromatic carbocycles. The second-order valence-corrected chi connectivity index (χ2v) is 6.96. The highest BCUT2D eigenvalue weighted by molar-refractivity contribution is 8.18. The topological polar surface area (TPSA) is 64.6 Å². The van der Waals surface area contributed by atoms with E-state index in [2.05, 4.69) is 11.4 Å². The quantitative estimate of drug-likeness (QED) is 0.614. The van der Waals surface area contributed by atoms with Gasteiger partial charge in [-0.3, -0.25) is 14.9 Å². The lowest BCUT2D eigenvalue weighted by Gasteiger charge is -2.10. The Morgan fingerprint density at radius 3 is 2.31 bits per heavy atom. The van der Waals surface area contributed by atoms with Crippen LogP contribution in [0.4, 0.5) is 4.79 Å². The highest BCUT2D eigenvalue weighted by atomic mass is 32.2. The molecule has 0 aromatic heterocycles. The van der Waals surface area contributed by atoms with Crippen molar-refractivity contribution in [2.45, 2.75) is 13.8 Å². The van der Waals surface area contributed by atoms with Gasteiger partial charge in [-0.2, -0.15) is 0 Å². The van der Waals surface area contributed by atoms with Crippen LogP contribution in [0.1, 0.15) is 16.7 Å².